The summed E-state index contributed by atoms with van der Waals surface area (Å²) in [6.45, 7) is 0.489. The lowest BCUT2D eigenvalue weighted by atomic mass is 10.0. The summed E-state index contributed by atoms with van der Waals surface area (Å²) in [5.74, 6) is -1.11. The predicted molar refractivity (Wildman–Crippen MR) is 68.2 cm³/mol. The molecule has 100 valence electrons. The zero-order valence-corrected chi connectivity index (χ0v) is 10.7. The Hall–Kier alpha value is -1.00. The van der Waals surface area contributed by atoms with Crippen molar-refractivity contribution in [3.8, 4) is 0 Å². The maximum atomic E-state index is 13.6. The minimum Gasteiger partial charge on any atom is -0.323 e. The average molecular weight is 254 g/mol. The minimum absolute atomic E-state index is 0.00217. The molecule has 0 spiro atoms. The Labute approximate surface area is 107 Å². The van der Waals surface area contributed by atoms with Crippen molar-refractivity contribution in [2.24, 2.45) is 5.73 Å². The molecular weight excluding hydrogens is 234 g/mol. The third-order valence-electron chi connectivity index (χ3n) is 3.80. The second-order valence-corrected chi connectivity index (χ2v) is 5.12. The molecule has 1 aromatic rings. The van der Waals surface area contributed by atoms with Crippen LogP contribution in [0.1, 0.15) is 37.3 Å². The molecule has 1 aliphatic carbocycles. The van der Waals surface area contributed by atoms with Gasteiger partial charge in [0.1, 0.15) is 11.6 Å². The fraction of sp³-hybridized carbons (Fsp3) is 0.571. The topological polar surface area (TPSA) is 29.3 Å². The Morgan fingerprint density at radius 3 is 2.39 bits per heavy atom. The van der Waals surface area contributed by atoms with Gasteiger partial charge in [-0.25, -0.2) is 8.78 Å². The number of hydrogen-bond donors (Lipinski definition) is 1. The van der Waals surface area contributed by atoms with Crippen LogP contribution in [0, 0.1) is 11.6 Å². The van der Waals surface area contributed by atoms with Crippen molar-refractivity contribution in [1.82, 2.24) is 4.90 Å². The summed E-state index contributed by atoms with van der Waals surface area (Å²) in [6.07, 6.45) is 4.78. The van der Waals surface area contributed by atoms with Crippen LogP contribution in [0.5, 0.6) is 0 Å². The average Bonchev–Trinajstić information content (AvgIpc) is 2.81. The van der Waals surface area contributed by atoms with E-state index in [0.29, 0.717) is 12.6 Å². The largest absolute Gasteiger partial charge is 0.323 e. The third-order valence-corrected chi connectivity index (χ3v) is 3.80. The van der Waals surface area contributed by atoms with Crippen LogP contribution in [0.4, 0.5) is 8.78 Å². The highest BCUT2D eigenvalue weighted by Gasteiger charge is 2.23. The summed E-state index contributed by atoms with van der Waals surface area (Å²) in [7, 11) is 1.98. The van der Waals surface area contributed by atoms with E-state index < -0.39 is 17.7 Å². The molecule has 0 amide bonds. The highest BCUT2D eigenvalue weighted by molar-refractivity contribution is 5.23. The van der Waals surface area contributed by atoms with E-state index in [1.807, 2.05) is 7.05 Å². The van der Waals surface area contributed by atoms with Crippen LogP contribution < -0.4 is 5.73 Å². The number of benzene rings is 1. The maximum Gasteiger partial charge on any atom is 0.130 e. The van der Waals surface area contributed by atoms with Crippen LogP contribution in [0.15, 0.2) is 18.2 Å². The van der Waals surface area contributed by atoms with Crippen LogP contribution in [0.3, 0.4) is 0 Å². The SMILES string of the molecule is CN(CC(N)c1c(F)cccc1F)C1CCCC1. The first-order valence-electron chi connectivity index (χ1n) is 6.49. The molecule has 1 aromatic carbocycles. The number of nitrogens with two attached hydrogens (primary N) is 1. The molecule has 0 bridgehead atoms. The van der Waals surface area contributed by atoms with Crippen molar-refractivity contribution in [2.75, 3.05) is 13.6 Å². The molecule has 0 radical (unpaired) electrons. The van der Waals surface area contributed by atoms with Gasteiger partial charge in [0, 0.05) is 24.2 Å². The van der Waals surface area contributed by atoms with E-state index in [0.717, 1.165) is 12.8 Å². The molecule has 4 heteroatoms. The fourth-order valence-corrected chi connectivity index (χ4v) is 2.76. The third kappa shape index (κ3) is 2.87. The van der Waals surface area contributed by atoms with Crippen molar-refractivity contribution in [3.05, 3.63) is 35.4 Å². The Morgan fingerprint density at radius 2 is 1.83 bits per heavy atom. The zero-order chi connectivity index (χ0) is 13.1. The normalized spacial score (nSPS) is 18.5. The van der Waals surface area contributed by atoms with Gasteiger partial charge in [-0.1, -0.05) is 18.9 Å². The van der Waals surface area contributed by atoms with Gasteiger partial charge in [-0.15, -0.1) is 0 Å². The molecule has 2 nitrogen and oxygen atoms in total. The zero-order valence-electron chi connectivity index (χ0n) is 10.7. The first kappa shape index (κ1) is 13.4. The smallest absolute Gasteiger partial charge is 0.130 e. The van der Waals surface area contributed by atoms with E-state index in [1.165, 1.54) is 31.0 Å². The van der Waals surface area contributed by atoms with Gasteiger partial charge in [-0.05, 0) is 32.0 Å². The molecule has 1 atom stereocenters. The molecule has 1 unspecified atom stereocenters. The second-order valence-electron chi connectivity index (χ2n) is 5.12. The number of halogens is 2. The number of likely N-dealkylation sites (N-methyl/N-ethyl adjacent to an activating group) is 1. The lowest BCUT2D eigenvalue weighted by Gasteiger charge is -2.27. The first-order valence-corrected chi connectivity index (χ1v) is 6.49. The lowest BCUT2D eigenvalue weighted by molar-refractivity contribution is 0.229. The quantitative estimate of drug-likeness (QED) is 0.895. The minimum atomic E-state index is -0.614. The van der Waals surface area contributed by atoms with E-state index in [4.69, 9.17) is 5.73 Å². The Bertz CT molecular complexity index is 383. The van der Waals surface area contributed by atoms with E-state index in [9.17, 15) is 8.78 Å². The molecule has 18 heavy (non-hydrogen) atoms. The first-order chi connectivity index (χ1) is 8.59. The molecule has 2 N–H and O–H groups in total. The monoisotopic (exact) mass is 254 g/mol. The van der Waals surface area contributed by atoms with Gasteiger partial charge in [-0.2, -0.15) is 0 Å². The van der Waals surface area contributed by atoms with Crippen LogP contribution >= 0.6 is 0 Å². The molecule has 1 aliphatic rings. The Morgan fingerprint density at radius 1 is 1.28 bits per heavy atom. The Balaban J connectivity index is 2.04. The summed E-state index contributed by atoms with van der Waals surface area (Å²) < 4.78 is 27.2. The maximum absolute atomic E-state index is 13.6. The Kier molecular flexibility index (Phi) is 4.30. The van der Waals surface area contributed by atoms with Gasteiger partial charge < -0.3 is 10.6 Å². The molecule has 0 aromatic heterocycles. The highest BCUT2D eigenvalue weighted by Crippen LogP contribution is 2.25. The standard InChI is InChI=1S/C14H20F2N2/c1-18(10-5-2-3-6-10)9-13(17)14-11(15)7-4-8-12(14)16/h4,7-8,10,13H,2-3,5-6,9,17H2,1H3. The van der Waals surface area contributed by atoms with Gasteiger partial charge in [0.15, 0.2) is 0 Å². The van der Waals surface area contributed by atoms with Crippen molar-refractivity contribution < 1.29 is 8.78 Å². The molecule has 0 aliphatic heterocycles. The van der Waals surface area contributed by atoms with Gasteiger partial charge in [0.25, 0.3) is 0 Å². The van der Waals surface area contributed by atoms with Gasteiger partial charge in [0.05, 0.1) is 0 Å². The van der Waals surface area contributed by atoms with Crippen LogP contribution in [0.2, 0.25) is 0 Å². The summed E-state index contributed by atoms with van der Waals surface area (Å²) in [5.41, 5.74) is 5.95. The van der Waals surface area contributed by atoms with Crippen LogP contribution in [-0.4, -0.2) is 24.5 Å². The second kappa shape index (κ2) is 5.76. The molecular formula is C14H20F2N2. The van der Waals surface area contributed by atoms with E-state index in [1.54, 1.807) is 0 Å². The highest BCUT2D eigenvalue weighted by atomic mass is 19.1. The molecule has 2 rings (SSSR count). The summed E-state index contributed by atoms with van der Waals surface area (Å²) in [5, 5.41) is 0. The number of hydrogen-bond acceptors (Lipinski definition) is 2. The fourth-order valence-electron chi connectivity index (χ4n) is 2.76. The van der Waals surface area contributed by atoms with Gasteiger partial charge in [-0.3, -0.25) is 0 Å². The van der Waals surface area contributed by atoms with Crippen LogP contribution in [0.25, 0.3) is 0 Å². The van der Waals surface area contributed by atoms with Crippen molar-refractivity contribution >= 4 is 0 Å². The van der Waals surface area contributed by atoms with Gasteiger partial charge in [0.2, 0.25) is 0 Å². The predicted octanol–water partition coefficient (Wildman–Crippen LogP) is 2.84. The lowest BCUT2D eigenvalue weighted by Crippen LogP contribution is -2.36. The van der Waals surface area contributed by atoms with E-state index in [-0.39, 0.29) is 5.56 Å². The van der Waals surface area contributed by atoms with Crippen molar-refractivity contribution in [2.45, 2.75) is 37.8 Å². The molecule has 1 fully saturated rings. The number of rotatable bonds is 4. The van der Waals surface area contributed by atoms with Crippen LogP contribution in [-0.2, 0) is 0 Å². The van der Waals surface area contributed by atoms with Crippen molar-refractivity contribution in [1.29, 1.82) is 0 Å². The molecule has 1 saturated carbocycles. The number of nitrogens with zero attached hydrogens (tertiary/aromatic N) is 1. The van der Waals surface area contributed by atoms with E-state index >= 15 is 0 Å². The summed E-state index contributed by atoms with van der Waals surface area (Å²) in [6, 6.07) is 3.77. The molecule has 0 saturated heterocycles. The summed E-state index contributed by atoms with van der Waals surface area (Å²) >= 11 is 0. The summed E-state index contributed by atoms with van der Waals surface area (Å²) in [4.78, 5) is 2.13. The van der Waals surface area contributed by atoms with Gasteiger partial charge >= 0.3 is 0 Å². The van der Waals surface area contributed by atoms with E-state index in [2.05, 4.69) is 4.90 Å². The van der Waals surface area contributed by atoms with Crippen molar-refractivity contribution in [3.63, 3.8) is 0 Å². The molecule has 0 heterocycles.